The minimum absolute atomic E-state index is 0.0638. The number of hydrazone groups is 1. The number of rotatable bonds is 8. The van der Waals surface area contributed by atoms with Gasteiger partial charge in [-0.1, -0.05) is 35.9 Å². The fourth-order valence-electron chi connectivity index (χ4n) is 3.94. The second-order valence-corrected chi connectivity index (χ2v) is 10.5. The average molecular weight is 538 g/mol. The van der Waals surface area contributed by atoms with E-state index in [-0.39, 0.29) is 27.0 Å². The van der Waals surface area contributed by atoms with Crippen molar-refractivity contribution in [3.63, 3.8) is 0 Å². The van der Waals surface area contributed by atoms with Crippen molar-refractivity contribution in [2.45, 2.75) is 25.7 Å². The summed E-state index contributed by atoms with van der Waals surface area (Å²) in [4.78, 5) is 10.3. The van der Waals surface area contributed by atoms with Crippen molar-refractivity contribution in [2.24, 2.45) is 5.10 Å². The van der Waals surface area contributed by atoms with Gasteiger partial charge in [-0.05, 0) is 62.7 Å². The predicted molar refractivity (Wildman–Crippen MR) is 147 cm³/mol. The average Bonchev–Trinajstić information content (AvgIpc) is 3.13. The van der Waals surface area contributed by atoms with E-state index in [0.29, 0.717) is 0 Å². The van der Waals surface area contributed by atoms with Gasteiger partial charge in [0.1, 0.15) is 4.90 Å². The summed E-state index contributed by atoms with van der Waals surface area (Å²) in [7, 11) is -4.25. The van der Waals surface area contributed by atoms with Crippen LogP contribution in [0.15, 0.2) is 82.8 Å². The van der Waals surface area contributed by atoms with Gasteiger partial charge in [-0.3, -0.25) is 20.3 Å². The maximum Gasteiger partial charge on any atom is 0.270 e. The molecule has 0 unspecified atom stereocenters. The van der Waals surface area contributed by atoms with Crippen LogP contribution in [0, 0.1) is 30.9 Å². The van der Waals surface area contributed by atoms with Gasteiger partial charge in [0.15, 0.2) is 0 Å². The highest BCUT2D eigenvalue weighted by Crippen LogP contribution is 2.30. The SMILES string of the molecule is Cc1cccc(-n2c(C)cc(/C=N/Nc3ccc([N+](=O)[O-])cc3S(=O)(=O)Nc3ccccc3Cl)c2C)c1. The Morgan fingerprint density at radius 1 is 0.973 bits per heavy atom. The minimum Gasteiger partial charge on any atom is -0.318 e. The Morgan fingerprint density at radius 3 is 2.43 bits per heavy atom. The van der Waals surface area contributed by atoms with Crippen molar-refractivity contribution in [2.75, 3.05) is 10.1 Å². The first-order chi connectivity index (χ1) is 17.6. The largest absolute Gasteiger partial charge is 0.318 e. The minimum atomic E-state index is -4.25. The summed E-state index contributed by atoms with van der Waals surface area (Å²) in [6.45, 7) is 5.98. The summed E-state index contributed by atoms with van der Waals surface area (Å²) in [5, 5.41) is 15.8. The number of nitrogens with one attached hydrogen (secondary N) is 2. The van der Waals surface area contributed by atoms with Crippen molar-refractivity contribution in [3.05, 3.63) is 110 Å². The number of anilines is 2. The van der Waals surface area contributed by atoms with Crippen LogP contribution in [0.25, 0.3) is 5.69 Å². The third kappa shape index (κ3) is 5.65. The molecule has 4 rings (SSSR count). The third-order valence-corrected chi connectivity index (χ3v) is 7.44. The molecule has 2 N–H and O–H groups in total. The molecule has 0 bridgehead atoms. The van der Waals surface area contributed by atoms with Gasteiger partial charge in [0, 0.05) is 34.8 Å². The van der Waals surface area contributed by atoms with E-state index in [9.17, 15) is 18.5 Å². The van der Waals surface area contributed by atoms with Gasteiger partial charge in [0.05, 0.1) is 27.5 Å². The van der Waals surface area contributed by atoms with Crippen molar-refractivity contribution >= 4 is 44.9 Å². The lowest BCUT2D eigenvalue weighted by atomic mass is 10.2. The summed E-state index contributed by atoms with van der Waals surface area (Å²) in [6, 6.07) is 19.9. The van der Waals surface area contributed by atoms with Crippen LogP contribution < -0.4 is 10.1 Å². The summed E-state index contributed by atoms with van der Waals surface area (Å²) in [5.74, 6) is 0. The maximum atomic E-state index is 13.2. The summed E-state index contributed by atoms with van der Waals surface area (Å²) >= 11 is 6.10. The number of halogens is 1. The lowest BCUT2D eigenvalue weighted by molar-refractivity contribution is -0.385. The summed E-state index contributed by atoms with van der Waals surface area (Å²) < 4.78 is 30.8. The zero-order chi connectivity index (χ0) is 26.7. The van der Waals surface area contributed by atoms with Crippen LogP contribution >= 0.6 is 11.6 Å². The van der Waals surface area contributed by atoms with Crippen LogP contribution in [0.1, 0.15) is 22.5 Å². The monoisotopic (exact) mass is 537 g/mol. The van der Waals surface area contributed by atoms with Crippen molar-refractivity contribution in [1.29, 1.82) is 0 Å². The van der Waals surface area contributed by atoms with E-state index in [2.05, 4.69) is 25.9 Å². The van der Waals surface area contributed by atoms with Gasteiger partial charge in [-0.15, -0.1) is 0 Å². The summed E-state index contributed by atoms with van der Waals surface area (Å²) in [6.07, 6.45) is 1.58. The molecule has 0 spiro atoms. The molecule has 3 aromatic carbocycles. The van der Waals surface area contributed by atoms with E-state index < -0.39 is 14.9 Å². The first kappa shape index (κ1) is 25.9. The first-order valence-corrected chi connectivity index (χ1v) is 13.0. The first-order valence-electron chi connectivity index (χ1n) is 11.2. The molecule has 0 fully saturated rings. The Labute approximate surface area is 219 Å². The molecule has 4 aromatic rings. The van der Waals surface area contributed by atoms with E-state index in [1.807, 2.05) is 45.0 Å². The maximum absolute atomic E-state index is 13.2. The molecule has 11 heteroatoms. The smallest absolute Gasteiger partial charge is 0.270 e. The highest BCUT2D eigenvalue weighted by Gasteiger charge is 2.23. The number of para-hydroxylation sites is 1. The Balaban J connectivity index is 1.66. The van der Waals surface area contributed by atoms with Gasteiger partial charge < -0.3 is 4.57 Å². The highest BCUT2D eigenvalue weighted by atomic mass is 35.5. The predicted octanol–water partition coefficient (Wildman–Crippen LogP) is 6.21. The standard InChI is InChI=1S/C26H24ClN5O4S/c1-17-7-6-8-21(13-17)31-18(2)14-20(19(31)3)16-28-29-25-12-11-22(32(33)34)15-26(25)37(35,36)30-24-10-5-4-9-23(24)27/h4-16,29-30H,1-3H3/b28-16+. The van der Waals surface area contributed by atoms with Gasteiger partial charge in [0.2, 0.25) is 0 Å². The Hall–Kier alpha value is -4.15. The Kier molecular flexibility index (Phi) is 7.33. The molecule has 0 amide bonds. The van der Waals surface area contributed by atoms with Gasteiger partial charge in [0.25, 0.3) is 15.7 Å². The van der Waals surface area contributed by atoms with Crippen molar-refractivity contribution in [1.82, 2.24) is 4.57 Å². The summed E-state index contributed by atoms with van der Waals surface area (Å²) in [5.41, 5.74) is 7.50. The van der Waals surface area contributed by atoms with E-state index in [1.165, 1.54) is 24.3 Å². The van der Waals surface area contributed by atoms with Crippen LogP contribution in [-0.2, 0) is 10.0 Å². The van der Waals surface area contributed by atoms with Gasteiger partial charge in [-0.25, -0.2) is 8.42 Å². The molecule has 0 aliphatic rings. The second kappa shape index (κ2) is 10.5. The van der Waals surface area contributed by atoms with Crippen molar-refractivity contribution in [3.8, 4) is 5.69 Å². The van der Waals surface area contributed by atoms with E-state index in [0.717, 1.165) is 34.3 Å². The number of non-ortho nitro benzene ring substituents is 1. The molecule has 0 radical (unpaired) electrons. The third-order valence-electron chi connectivity index (χ3n) is 5.70. The molecule has 0 atom stereocenters. The lowest BCUT2D eigenvalue weighted by Crippen LogP contribution is -2.15. The van der Waals surface area contributed by atoms with Gasteiger partial charge >= 0.3 is 0 Å². The van der Waals surface area contributed by atoms with Crippen LogP contribution in [0.3, 0.4) is 0 Å². The quantitative estimate of drug-likeness (QED) is 0.157. The Morgan fingerprint density at radius 2 is 1.73 bits per heavy atom. The van der Waals surface area contributed by atoms with Crippen LogP contribution in [0.4, 0.5) is 17.1 Å². The van der Waals surface area contributed by atoms with Crippen LogP contribution in [-0.4, -0.2) is 24.1 Å². The van der Waals surface area contributed by atoms with E-state index in [4.69, 9.17) is 11.6 Å². The number of aromatic nitrogens is 1. The molecule has 0 aliphatic heterocycles. The van der Waals surface area contributed by atoms with Crippen LogP contribution in [0.2, 0.25) is 5.02 Å². The normalized spacial score (nSPS) is 11.6. The molecule has 190 valence electrons. The molecule has 0 saturated heterocycles. The lowest BCUT2D eigenvalue weighted by Gasteiger charge is -2.13. The van der Waals surface area contributed by atoms with E-state index >= 15 is 0 Å². The zero-order valence-electron chi connectivity index (χ0n) is 20.3. The van der Waals surface area contributed by atoms with E-state index in [1.54, 1.807) is 18.3 Å². The molecular weight excluding hydrogens is 514 g/mol. The second-order valence-electron chi connectivity index (χ2n) is 8.39. The molecule has 1 aromatic heterocycles. The number of nitrogens with zero attached hydrogens (tertiary/aromatic N) is 3. The molecule has 37 heavy (non-hydrogen) atoms. The molecule has 9 nitrogen and oxygen atoms in total. The van der Waals surface area contributed by atoms with Crippen LogP contribution in [0.5, 0.6) is 0 Å². The molecule has 0 aliphatic carbocycles. The highest BCUT2D eigenvalue weighted by molar-refractivity contribution is 7.93. The zero-order valence-corrected chi connectivity index (χ0v) is 21.8. The number of hydrogen-bond acceptors (Lipinski definition) is 6. The fourth-order valence-corrected chi connectivity index (χ4v) is 5.43. The van der Waals surface area contributed by atoms with Crippen molar-refractivity contribution < 1.29 is 13.3 Å². The molecule has 1 heterocycles. The topological polar surface area (TPSA) is 119 Å². The number of nitro benzene ring substituents is 1. The van der Waals surface area contributed by atoms with Gasteiger partial charge in [-0.2, -0.15) is 5.10 Å². The number of benzene rings is 3. The molecule has 0 saturated carbocycles. The number of hydrogen-bond donors (Lipinski definition) is 2. The Bertz CT molecular complexity index is 1630. The number of aryl methyl sites for hydroxylation is 2. The molecular formula is C26H24ClN5O4S. The number of nitro groups is 1. The number of sulfonamides is 1. The fraction of sp³-hybridized carbons (Fsp3) is 0.115.